The van der Waals surface area contributed by atoms with E-state index in [1.165, 1.54) is 25.0 Å². The number of carbonyl (C=O) groups is 3. The Balaban J connectivity index is 1.23. The third-order valence-electron chi connectivity index (χ3n) is 17.2. The van der Waals surface area contributed by atoms with Gasteiger partial charge in [-0.1, -0.05) is 54.0 Å². The quantitative estimate of drug-likeness (QED) is 0.146. The first-order chi connectivity index (χ1) is 24.2. The molecule has 6 rings (SSSR count). The zero-order valence-electron chi connectivity index (χ0n) is 34.3. The van der Waals surface area contributed by atoms with Crippen molar-refractivity contribution < 1.29 is 29.3 Å². The van der Waals surface area contributed by atoms with Crippen LogP contribution in [-0.2, 0) is 19.1 Å². The molecule has 3 N–H and O–H groups in total. The molecule has 0 aromatic heterocycles. The molecule has 1 aliphatic heterocycles. The molecule has 0 aromatic carbocycles. The van der Waals surface area contributed by atoms with E-state index in [1.54, 1.807) is 13.8 Å². The summed E-state index contributed by atoms with van der Waals surface area (Å²) in [7, 11) is 2.22. The maximum atomic E-state index is 14.0. The number of ether oxygens (including phenoxy) is 1. The van der Waals surface area contributed by atoms with E-state index >= 15 is 0 Å². The molecular weight excluding hydrogens is 652 g/mol. The summed E-state index contributed by atoms with van der Waals surface area (Å²) < 4.78 is 6.17. The number of rotatable bonds is 11. The van der Waals surface area contributed by atoms with Crippen LogP contribution in [0.4, 0.5) is 0 Å². The van der Waals surface area contributed by atoms with E-state index < -0.39 is 28.9 Å². The molecule has 8 heteroatoms. The van der Waals surface area contributed by atoms with E-state index in [9.17, 15) is 24.6 Å². The van der Waals surface area contributed by atoms with Crippen LogP contribution in [0.1, 0.15) is 146 Å². The number of carboxylic acid groups (broad SMARTS) is 1. The van der Waals surface area contributed by atoms with Crippen LogP contribution >= 0.6 is 0 Å². The normalized spacial score (nSPS) is 40.9. The number of aliphatic carboxylic acids is 1. The van der Waals surface area contributed by atoms with Crippen LogP contribution in [0.5, 0.6) is 0 Å². The molecule has 0 radical (unpaired) electrons. The Morgan fingerprint density at radius 3 is 2.31 bits per heavy atom. The lowest BCUT2D eigenvalue weighted by molar-refractivity contribution is -0.235. The van der Waals surface area contributed by atoms with Gasteiger partial charge in [0, 0.05) is 29.8 Å². The van der Waals surface area contributed by atoms with Gasteiger partial charge in [0.05, 0.1) is 17.9 Å². The van der Waals surface area contributed by atoms with Gasteiger partial charge >= 0.3 is 11.9 Å². The minimum Gasteiger partial charge on any atom is -0.481 e. The molecule has 52 heavy (non-hydrogen) atoms. The number of carbonyl (C=O) groups excluding carboxylic acids is 2. The maximum Gasteiger partial charge on any atom is 0.309 e. The number of ketones is 1. The minimum absolute atomic E-state index is 0.0174. The summed E-state index contributed by atoms with van der Waals surface area (Å²) in [6, 6.07) is 0.619. The smallest absolute Gasteiger partial charge is 0.309 e. The Morgan fingerprint density at radius 1 is 0.962 bits per heavy atom. The number of fused-ring (bicyclic) bond motifs is 7. The van der Waals surface area contributed by atoms with Gasteiger partial charge in [0.2, 0.25) is 0 Å². The van der Waals surface area contributed by atoms with Crippen molar-refractivity contribution in [3.63, 3.8) is 0 Å². The third kappa shape index (κ3) is 6.15. The zero-order valence-corrected chi connectivity index (χ0v) is 34.3. The first-order valence-electron chi connectivity index (χ1n) is 21.0. The summed E-state index contributed by atoms with van der Waals surface area (Å²) in [6.07, 6.45) is 11.1. The van der Waals surface area contributed by atoms with Crippen molar-refractivity contribution in [3.05, 3.63) is 11.1 Å². The Labute approximate surface area is 314 Å². The van der Waals surface area contributed by atoms with Crippen LogP contribution in [-0.4, -0.2) is 77.8 Å². The summed E-state index contributed by atoms with van der Waals surface area (Å²) in [5, 5.41) is 25.4. The van der Waals surface area contributed by atoms with Gasteiger partial charge in [0.25, 0.3) is 0 Å². The molecule has 0 aromatic rings. The first kappa shape index (κ1) is 39.9. The van der Waals surface area contributed by atoms with Crippen molar-refractivity contribution in [1.82, 2.24) is 10.2 Å². The van der Waals surface area contributed by atoms with Gasteiger partial charge in [-0.25, -0.2) is 0 Å². The first-order valence-corrected chi connectivity index (χ1v) is 21.0. The number of Topliss-reactive ketones (excluding diaryl/α,β-unsaturated/α-hetero) is 1. The van der Waals surface area contributed by atoms with Crippen molar-refractivity contribution in [2.75, 3.05) is 26.7 Å². The minimum atomic E-state index is -1.16. The van der Waals surface area contributed by atoms with Crippen molar-refractivity contribution >= 4 is 17.7 Å². The Hall–Kier alpha value is -1.77. The van der Waals surface area contributed by atoms with E-state index in [4.69, 9.17) is 4.74 Å². The fraction of sp³-hybridized carbons (Fsp3) is 0.886. The zero-order chi connectivity index (χ0) is 38.2. The van der Waals surface area contributed by atoms with Crippen LogP contribution in [0, 0.1) is 56.2 Å². The molecule has 6 aliphatic rings. The molecule has 0 amide bonds. The number of hydrogen-bond donors (Lipinski definition) is 3. The fourth-order valence-corrected chi connectivity index (χ4v) is 14.0. The fourth-order valence-electron chi connectivity index (χ4n) is 14.0. The average Bonchev–Trinajstić information content (AvgIpc) is 3.60. The highest BCUT2D eigenvalue weighted by molar-refractivity contribution is 6.00. The number of nitrogens with one attached hydrogen (secondary N) is 1. The number of hydrogen-bond acceptors (Lipinski definition) is 7. The number of aliphatic hydroxyl groups excluding tert-OH is 1. The van der Waals surface area contributed by atoms with Crippen molar-refractivity contribution in [2.45, 2.75) is 164 Å². The largest absolute Gasteiger partial charge is 0.481 e. The molecule has 5 fully saturated rings. The maximum absolute atomic E-state index is 14.0. The lowest BCUT2D eigenvalue weighted by Gasteiger charge is -2.72. The predicted molar refractivity (Wildman–Crippen MR) is 204 cm³/mol. The summed E-state index contributed by atoms with van der Waals surface area (Å²) in [4.78, 5) is 41.3. The van der Waals surface area contributed by atoms with Gasteiger partial charge in [-0.05, 0) is 150 Å². The summed E-state index contributed by atoms with van der Waals surface area (Å²) in [6.45, 7) is 22.4. The number of likely N-dealkylation sites (tertiary alicyclic amines) is 1. The molecular formula is C44H72N2O6. The Morgan fingerprint density at radius 2 is 1.67 bits per heavy atom. The third-order valence-corrected chi connectivity index (χ3v) is 17.2. The number of nitrogens with zero attached hydrogens (tertiary/aromatic N) is 1. The van der Waals surface area contributed by atoms with Crippen molar-refractivity contribution in [3.8, 4) is 0 Å². The van der Waals surface area contributed by atoms with Crippen LogP contribution in [0.25, 0.3) is 0 Å². The highest BCUT2D eigenvalue weighted by atomic mass is 16.5. The van der Waals surface area contributed by atoms with E-state index in [0.717, 1.165) is 69.9 Å². The monoisotopic (exact) mass is 725 g/mol. The van der Waals surface area contributed by atoms with Crippen molar-refractivity contribution in [1.29, 1.82) is 0 Å². The molecule has 10 atom stereocenters. The lowest BCUT2D eigenvalue weighted by Crippen LogP contribution is -2.66. The van der Waals surface area contributed by atoms with Gasteiger partial charge in [-0.2, -0.15) is 0 Å². The summed E-state index contributed by atoms with van der Waals surface area (Å²) in [5.74, 6) is 0.199. The second-order valence-corrected chi connectivity index (χ2v) is 20.8. The number of carboxylic acids is 1. The van der Waals surface area contributed by atoms with Crippen molar-refractivity contribution in [2.24, 2.45) is 56.2 Å². The van der Waals surface area contributed by atoms with Crippen LogP contribution in [0.3, 0.4) is 0 Å². The molecule has 10 unspecified atom stereocenters. The SMILES string of the molecule is CC(C)C1=C2C3CCC4C5(C)CCC(OC(=O)CC(C)(C)C(=O)O)C(C)(C)C5CCC4(C)C3(C)CCC2(C(O)CNCCC2CCCN2C)CC1=O. The second-order valence-electron chi connectivity index (χ2n) is 20.8. The Bertz CT molecular complexity index is 1450. The summed E-state index contributed by atoms with van der Waals surface area (Å²) in [5.41, 5.74) is 0.681. The molecule has 0 bridgehead atoms. The van der Waals surface area contributed by atoms with Gasteiger partial charge in [-0.15, -0.1) is 0 Å². The average molecular weight is 725 g/mol. The van der Waals surface area contributed by atoms with Gasteiger partial charge in [0.15, 0.2) is 5.78 Å². The topological polar surface area (TPSA) is 116 Å². The van der Waals surface area contributed by atoms with Gasteiger partial charge in [0.1, 0.15) is 6.10 Å². The number of allylic oxidation sites excluding steroid dienone is 1. The van der Waals surface area contributed by atoms with E-state index in [0.29, 0.717) is 30.8 Å². The van der Waals surface area contributed by atoms with Gasteiger partial charge < -0.3 is 25.2 Å². The highest BCUT2D eigenvalue weighted by Crippen LogP contribution is 2.77. The number of aliphatic hydroxyl groups is 1. The lowest BCUT2D eigenvalue weighted by atomic mass is 9.33. The second kappa shape index (κ2) is 13.8. The molecule has 294 valence electrons. The van der Waals surface area contributed by atoms with E-state index in [1.807, 2.05) is 0 Å². The van der Waals surface area contributed by atoms with Crippen LogP contribution < -0.4 is 5.32 Å². The summed E-state index contributed by atoms with van der Waals surface area (Å²) >= 11 is 0. The van der Waals surface area contributed by atoms with Crippen LogP contribution in [0.15, 0.2) is 11.1 Å². The Kier molecular flexibility index (Phi) is 10.6. The molecule has 0 spiro atoms. The molecule has 8 nitrogen and oxygen atoms in total. The molecule has 1 saturated heterocycles. The van der Waals surface area contributed by atoms with Crippen LogP contribution in [0.2, 0.25) is 0 Å². The molecule has 4 saturated carbocycles. The highest BCUT2D eigenvalue weighted by Gasteiger charge is 2.70. The van der Waals surface area contributed by atoms with Gasteiger partial charge in [-0.3, -0.25) is 14.4 Å². The van der Waals surface area contributed by atoms with E-state index in [-0.39, 0.29) is 51.8 Å². The standard InChI is InChI=1S/C44H72N2O6/c1-27(2)36-30(47)24-44(33(48)26-45-22-17-28-12-11-23-46(28)10)21-20-42(8)29(37(36)44)13-14-32-41(7)18-16-34(52-35(49)25-39(3,4)38(50)51)40(5,6)31(41)15-19-43(32,42)9/h27-29,31-34,45,48H,11-26H2,1-10H3,(H,50,51). The number of esters is 1. The van der Waals surface area contributed by atoms with E-state index in [2.05, 4.69) is 65.7 Å². The predicted octanol–water partition coefficient (Wildman–Crippen LogP) is 7.81. The molecule has 1 heterocycles. The molecule has 5 aliphatic carbocycles.